The van der Waals surface area contributed by atoms with E-state index in [9.17, 15) is 30.0 Å². The van der Waals surface area contributed by atoms with Gasteiger partial charge < -0.3 is 23.3 Å². The van der Waals surface area contributed by atoms with Crippen molar-refractivity contribution in [2.75, 3.05) is 0 Å². The summed E-state index contributed by atoms with van der Waals surface area (Å²) in [5.41, 5.74) is 0.112. The number of carbonyl (C=O) groups is 2. The Morgan fingerprint density at radius 2 is 1.03 bits per heavy atom. The van der Waals surface area contributed by atoms with Crippen LogP contribution in [0.4, 0.5) is 0 Å². The second kappa shape index (κ2) is 10.0. The maximum absolute atomic E-state index is 11.6. The number of fused-ring (bicyclic) bond motifs is 2. The van der Waals surface area contributed by atoms with Crippen molar-refractivity contribution in [3.63, 3.8) is 0 Å². The standard InChI is InChI=1S/C23H16O6.2Na.2H/c24-20-16(14-7-3-1-5-12(14)9-18(20)22(26)27)11-17-15-8-4-2-6-13(15)10-19(21(17)25)23(28)29;;;;/h1-10,24-25H,11H2,(H,26,27)(H,28,29);;;;/q;2*+1;2*-1. The van der Waals surface area contributed by atoms with Crippen LogP contribution >= 0.6 is 0 Å². The number of carboxylic acid groups (broad SMARTS) is 2. The molecule has 0 bridgehead atoms. The molecule has 0 saturated heterocycles. The molecule has 148 valence electrons. The minimum Gasteiger partial charge on any atom is -1.00 e. The molecule has 31 heavy (non-hydrogen) atoms. The van der Waals surface area contributed by atoms with Crippen LogP contribution in [0.15, 0.2) is 60.7 Å². The fraction of sp³-hybridized carbons (Fsp3) is 0.0435. The van der Waals surface area contributed by atoms with Gasteiger partial charge in [-0.1, -0.05) is 48.5 Å². The van der Waals surface area contributed by atoms with Crippen molar-refractivity contribution in [3.05, 3.63) is 82.9 Å². The van der Waals surface area contributed by atoms with E-state index in [4.69, 9.17) is 0 Å². The third kappa shape index (κ3) is 4.60. The molecule has 0 aliphatic heterocycles. The van der Waals surface area contributed by atoms with E-state index in [0.717, 1.165) is 0 Å². The quantitative estimate of drug-likeness (QED) is 0.294. The van der Waals surface area contributed by atoms with Crippen LogP contribution in [0.3, 0.4) is 0 Å². The van der Waals surface area contributed by atoms with Gasteiger partial charge in [0.15, 0.2) is 0 Å². The zero-order valence-corrected chi connectivity index (χ0v) is 21.1. The smallest absolute Gasteiger partial charge is 1.00 e. The van der Waals surface area contributed by atoms with Gasteiger partial charge in [0.2, 0.25) is 0 Å². The van der Waals surface area contributed by atoms with Gasteiger partial charge in [-0.15, -0.1) is 0 Å². The molecule has 0 fully saturated rings. The third-order valence-corrected chi connectivity index (χ3v) is 5.07. The van der Waals surface area contributed by atoms with E-state index in [1.165, 1.54) is 12.1 Å². The van der Waals surface area contributed by atoms with Crippen LogP contribution < -0.4 is 59.1 Å². The fourth-order valence-electron chi connectivity index (χ4n) is 3.68. The van der Waals surface area contributed by atoms with Crippen LogP contribution in [0.5, 0.6) is 11.5 Å². The van der Waals surface area contributed by atoms with Gasteiger partial charge in [-0.2, -0.15) is 0 Å². The number of phenols is 2. The van der Waals surface area contributed by atoms with Crippen molar-refractivity contribution in [1.82, 2.24) is 0 Å². The summed E-state index contributed by atoms with van der Waals surface area (Å²) in [7, 11) is 0. The van der Waals surface area contributed by atoms with Crippen molar-refractivity contribution in [1.29, 1.82) is 0 Å². The van der Waals surface area contributed by atoms with E-state index in [-0.39, 0.29) is 79.5 Å². The van der Waals surface area contributed by atoms with Gasteiger partial charge in [0.1, 0.15) is 22.6 Å². The van der Waals surface area contributed by atoms with Crippen LogP contribution in [-0.2, 0) is 6.42 Å². The van der Waals surface area contributed by atoms with Crippen LogP contribution in [0.1, 0.15) is 34.7 Å². The zero-order valence-electron chi connectivity index (χ0n) is 19.1. The van der Waals surface area contributed by atoms with Crippen LogP contribution in [0, 0.1) is 0 Å². The molecule has 0 aliphatic rings. The molecule has 0 amide bonds. The topological polar surface area (TPSA) is 115 Å². The summed E-state index contributed by atoms with van der Waals surface area (Å²) in [5, 5.41) is 42.8. The van der Waals surface area contributed by atoms with E-state index >= 15 is 0 Å². The van der Waals surface area contributed by atoms with Crippen molar-refractivity contribution < 1.29 is 92.0 Å². The largest absolute Gasteiger partial charge is 1.00 e. The minimum atomic E-state index is -1.28. The monoisotopic (exact) mass is 436 g/mol. The van der Waals surface area contributed by atoms with Gasteiger partial charge in [-0.25, -0.2) is 9.59 Å². The second-order valence-electron chi connectivity index (χ2n) is 6.73. The van der Waals surface area contributed by atoms with E-state index in [0.29, 0.717) is 32.7 Å². The molecule has 6 nitrogen and oxygen atoms in total. The summed E-state index contributed by atoms with van der Waals surface area (Å²) in [6.07, 6.45) is -0.0407. The van der Waals surface area contributed by atoms with E-state index in [1.54, 1.807) is 48.5 Å². The Kier molecular flexibility index (Phi) is 8.16. The average Bonchev–Trinajstić information content (AvgIpc) is 2.70. The Balaban J connectivity index is 0.00000256. The van der Waals surface area contributed by atoms with E-state index in [1.807, 2.05) is 0 Å². The summed E-state index contributed by atoms with van der Waals surface area (Å²) < 4.78 is 0. The molecule has 0 aliphatic carbocycles. The van der Waals surface area contributed by atoms with Crippen molar-refractivity contribution in [2.24, 2.45) is 0 Å². The number of aromatic hydroxyl groups is 2. The van der Waals surface area contributed by atoms with Gasteiger partial charge in [0.25, 0.3) is 0 Å². The number of rotatable bonds is 4. The molecule has 0 atom stereocenters. The molecule has 0 saturated carbocycles. The Morgan fingerprint density at radius 1 is 0.677 bits per heavy atom. The van der Waals surface area contributed by atoms with Crippen molar-refractivity contribution in [3.8, 4) is 11.5 Å². The molecule has 0 spiro atoms. The normalized spacial score (nSPS) is 10.3. The number of aromatic carboxylic acids is 2. The van der Waals surface area contributed by atoms with Crippen LogP contribution in [0.25, 0.3) is 21.5 Å². The summed E-state index contributed by atoms with van der Waals surface area (Å²) >= 11 is 0. The molecular formula is C23H18Na2O6. The molecule has 0 unspecified atom stereocenters. The molecule has 4 aromatic rings. The first-order valence-corrected chi connectivity index (χ1v) is 8.82. The van der Waals surface area contributed by atoms with Gasteiger partial charge in [-0.05, 0) is 33.7 Å². The summed E-state index contributed by atoms with van der Waals surface area (Å²) in [5.74, 6) is -3.36. The second-order valence-corrected chi connectivity index (χ2v) is 6.73. The third-order valence-electron chi connectivity index (χ3n) is 5.07. The van der Waals surface area contributed by atoms with Crippen LogP contribution in [0.2, 0.25) is 0 Å². The summed E-state index contributed by atoms with van der Waals surface area (Å²) in [6, 6.07) is 16.8. The fourth-order valence-corrected chi connectivity index (χ4v) is 3.68. The molecule has 0 heterocycles. The average molecular weight is 436 g/mol. The number of hydrogen-bond acceptors (Lipinski definition) is 4. The first kappa shape index (κ1) is 25.2. The number of hydrogen-bond donors (Lipinski definition) is 4. The molecular weight excluding hydrogens is 418 g/mol. The predicted octanol–water partition coefficient (Wildman–Crippen LogP) is -1.38. The first-order valence-electron chi connectivity index (χ1n) is 8.82. The van der Waals surface area contributed by atoms with E-state index < -0.39 is 23.4 Å². The van der Waals surface area contributed by atoms with Gasteiger partial charge in [0.05, 0.1) is 0 Å². The van der Waals surface area contributed by atoms with Gasteiger partial charge >= 0.3 is 71.1 Å². The van der Waals surface area contributed by atoms with Crippen LogP contribution in [-0.4, -0.2) is 32.4 Å². The molecule has 0 aromatic heterocycles. The number of carboxylic acids is 2. The summed E-state index contributed by atoms with van der Waals surface area (Å²) in [6.45, 7) is 0. The SMILES string of the molecule is O=C(O)c1cc2ccccc2c(Cc2c(O)c(C(=O)O)cc3ccccc23)c1O.[H-].[H-].[Na+].[Na+]. The van der Waals surface area contributed by atoms with Gasteiger partial charge in [-0.3, -0.25) is 0 Å². The molecule has 4 N–H and O–H groups in total. The predicted molar refractivity (Wildman–Crippen MR) is 110 cm³/mol. The van der Waals surface area contributed by atoms with Crippen molar-refractivity contribution in [2.45, 2.75) is 6.42 Å². The molecule has 4 aromatic carbocycles. The van der Waals surface area contributed by atoms with Gasteiger partial charge in [0, 0.05) is 17.5 Å². The van der Waals surface area contributed by atoms with E-state index in [2.05, 4.69) is 0 Å². The summed E-state index contributed by atoms with van der Waals surface area (Å²) in [4.78, 5) is 23.2. The Hall–Kier alpha value is -2.06. The Labute approximate surface area is 224 Å². The molecule has 4 rings (SSSR count). The molecule has 8 heteroatoms. The maximum Gasteiger partial charge on any atom is 1.00 e. The first-order chi connectivity index (χ1) is 13.9. The van der Waals surface area contributed by atoms with Crippen molar-refractivity contribution >= 4 is 33.5 Å². The Morgan fingerprint density at radius 3 is 1.39 bits per heavy atom. The minimum absolute atomic E-state index is 0. The maximum atomic E-state index is 11.6. The number of benzene rings is 4. The Bertz CT molecular complexity index is 1230. The molecule has 0 radical (unpaired) electrons. The zero-order chi connectivity index (χ0) is 20.7.